The van der Waals surface area contributed by atoms with Crippen molar-refractivity contribution in [2.24, 2.45) is 0 Å². The molecule has 0 saturated carbocycles. The maximum atomic E-state index is 11.3. The number of hydrogen-bond acceptors (Lipinski definition) is 2. The number of allylic oxidation sites excluding steroid dienone is 2. The molecule has 0 N–H and O–H groups in total. The Morgan fingerprint density at radius 1 is 0.867 bits per heavy atom. The van der Waals surface area contributed by atoms with E-state index in [0.717, 1.165) is 11.1 Å². The van der Waals surface area contributed by atoms with Crippen LogP contribution in [0.5, 0.6) is 0 Å². The lowest BCUT2D eigenvalue weighted by Crippen LogP contribution is -2.08. The van der Waals surface area contributed by atoms with Crippen LogP contribution in [0, 0.1) is 0 Å². The summed E-state index contributed by atoms with van der Waals surface area (Å²) in [5, 5.41) is 0. The summed E-state index contributed by atoms with van der Waals surface area (Å²) < 4.78 is 0. The third kappa shape index (κ3) is 2.62. The highest BCUT2D eigenvalue weighted by atomic mass is 16.1. The fourth-order valence-corrected chi connectivity index (χ4v) is 1.61. The van der Waals surface area contributed by atoms with E-state index in [1.807, 2.05) is 30.3 Å². The molecule has 0 aliphatic rings. The smallest absolute Gasteiger partial charge is 0.163 e. The Labute approximate surface area is 89.6 Å². The summed E-state index contributed by atoms with van der Waals surface area (Å²) in [6.45, 7) is 4.64. The van der Waals surface area contributed by atoms with E-state index < -0.39 is 0 Å². The van der Waals surface area contributed by atoms with E-state index >= 15 is 0 Å². The second-order valence-electron chi connectivity index (χ2n) is 3.48. The SMILES string of the molecule is CC(=O)C(C(C)=O)=C(C)c1ccccc1. The maximum Gasteiger partial charge on any atom is 0.163 e. The Balaban J connectivity index is 3.29. The first-order valence-corrected chi connectivity index (χ1v) is 4.82. The lowest BCUT2D eigenvalue weighted by atomic mass is 9.97. The fourth-order valence-electron chi connectivity index (χ4n) is 1.61. The third-order valence-corrected chi connectivity index (χ3v) is 2.29. The highest BCUT2D eigenvalue weighted by molar-refractivity contribution is 6.23. The summed E-state index contributed by atoms with van der Waals surface area (Å²) in [6, 6.07) is 9.45. The van der Waals surface area contributed by atoms with Gasteiger partial charge in [0.1, 0.15) is 0 Å². The summed E-state index contributed by atoms with van der Waals surface area (Å²) in [5.74, 6) is -0.354. The highest BCUT2D eigenvalue weighted by Gasteiger charge is 2.13. The van der Waals surface area contributed by atoms with Gasteiger partial charge in [0.25, 0.3) is 0 Å². The molecule has 15 heavy (non-hydrogen) atoms. The lowest BCUT2D eigenvalue weighted by Gasteiger charge is -2.06. The van der Waals surface area contributed by atoms with Crippen LogP contribution < -0.4 is 0 Å². The van der Waals surface area contributed by atoms with Crippen LogP contribution in [0.1, 0.15) is 26.3 Å². The first-order chi connectivity index (χ1) is 7.04. The van der Waals surface area contributed by atoms with Crippen molar-refractivity contribution in [1.29, 1.82) is 0 Å². The van der Waals surface area contributed by atoms with Crippen LogP contribution in [0.25, 0.3) is 5.57 Å². The Kier molecular flexibility index (Phi) is 3.56. The molecule has 0 aromatic heterocycles. The zero-order valence-corrected chi connectivity index (χ0v) is 9.20. The van der Waals surface area contributed by atoms with E-state index in [9.17, 15) is 9.59 Å². The average molecular weight is 202 g/mol. The molecular weight excluding hydrogens is 188 g/mol. The van der Waals surface area contributed by atoms with Crippen molar-refractivity contribution in [2.75, 3.05) is 0 Å². The molecule has 0 bridgehead atoms. The number of hydrogen-bond donors (Lipinski definition) is 0. The topological polar surface area (TPSA) is 34.1 Å². The molecule has 1 aromatic rings. The normalized spacial score (nSPS) is 9.53. The maximum absolute atomic E-state index is 11.3. The molecule has 1 rings (SSSR count). The lowest BCUT2D eigenvalue weighted by molar-refractivity contribution is -0.119. The number of benzene rings is 1. The molecular formula is C13H14O2. The molecule has 78 valence electrons. The van der Waals surface area contributed by atoms with Crippen molar-refractivity contribution in [2.45, 2.75) is 20.8 Å². The van der Waals surface area contributed by atoms with Gasteiger partial charge in [0.05, 0.1) is 5.57 Å². The molecule has 2 heteroatoms. The minimum atomic E-state index is -0.177. The van der Waals surface area contributed by atoms with Gasteiger partial charge in [-0.25, -0.2) is 0 Å². The highest BCUT2D eigenvalue weighted by Crippen LogP contribution is 2.19. The van der Waals surface area contributed by atoms with Crippen molar-refractivity contribution in [3.63, 3.8) is 0 Å². The molecule has 0 aliphatic carbocycles. The van der Waals surface area contributed by atoms with E-state index in [4.69, 9.17) is 0 Å². The van der Waals surface area contributed by atoms with E-state index in [-0.39, 0.29) is 11.6 Å². The van der Waals surface area contributed by atoms with E-state index in [0.29, 0.717) is 5.57 Å². The van der Waals surface area contributed by atoms with Gasteiger partial charge >= 0.3 is 0 Å². The molecule has 0 fully saturated rings. The van der Waals surface area contributed by atoms with Crippen LogP contribution in [-0.4, -0.2) is 11.6 Å². The monoisotopic (exact) mass is 202 g/mol. The van der Waals surface area contributed by atoms with Crippen molar-refractivity contribution in [1.82, 2.24) is 0 Å². The number of rotatable bonds is 3. The van der Waals surface area contributed by atoms with Crippen molar-refractivity contribution in [3.05, 3.63) is 41.5 Å². The van der Waals surface area contributed by atoms with Gasteiger partial charge in [-0.05, 0) is 31.9 Å². The number of ketones is 2. The number of Topliss-reactive ketones (excluding diaryl/α,β-unsaturated/α-hetero) is 2. The Hall–Kier alpha value is -1.70. The van der Waals surface area contributed by atoms with Crippen LogP contribution in [0.3, 0.4) is 0 Å². The molecule has 0 saturated heterocycles. The number of carbonyl (C=O) groups excluding carboxylic acids is 2. The van der Waals surface area contributed by atoms with E-state index in [1.165, 1.54) is 13.8 Å². The largest absolute Gasteiger partial charge is 0.294 e. The quantitative estimate of drug-likeness (QED) is 0.429. The predicted molar refractivity (Wildman–Crippen MR) is 60.4 cm³/mol. The minimum Gasteiger partial charge on any atom is -0.294 e. The van der Waals surface area contributed by atoms with E-state index in [2.05, 4.69) is 0 Å². The van der Waals surface area contributed by atoms with E-state index in [1.54, 1.807) is 6.92 Å². The first-order valence-electron chi connectivity index (χ1n) is 4.82. The van der Waals surface area contributed by atoms with Crippen LogP contribution >= 0.6 is 0 Å². The minimum absolute atomic E-state index is 0.177. The van der Waals surface area contributed by atoms with Gasteiger partial charge < -0.3 is 0 Å². The van der Waals surface area contributed by atoms with Crippen molar-refractivity contribution < 1.29 is 9.59 Å². The standard InChI is InChI=1S/C13H14O2/c1-9(12-7-5-4-6-8-12)13(10(2)14)11(3)15/h4-8H,1-3H3. The summed E-state index contributed by atoms with van der Waals surface area (Å²) in [4.78, 5) is 22.6. The third-order valence-electron chi connectivity index (χ3n) is 2.29. The summed E-state index contributed by atoms with van der Waals surface area (Å²) in [5.41, 5.74) is 1.95. The Morgan fingerprint density at radius 2 is 1.33 bits per heavy atom. The van der Waals surface area contributed by atoms with Gasteiger partial charge in [0.15, 0.2) is 11.6 Å². The van der Waals surface area contributed by atoms with Gasteiger partial charge in [0, 0.05) is 0 Å². The molecule has 2 nitrogen and oxygen atoms in total. The first kappa shape index (κ1) is 11.4. The fraction of sp³-hybridized carbons (Fsp3) is 0.231. The molecule has 0 heterocycles. The zero-order chi connectivity index (χ0) is 11.4. The molecule has 0 spiro atoms. The van der Waals surface area contributed by atoms with Gasteiger partial charge in [-0.1, -0.05) is 30.3 Å². The second kappa shape index (κ2) is 4.69. The van der Waals surface area contributed by atoms with Crippen LogP contribution in [-0.2, 0) is 9.59 Å². The molecule has 0 aliphatic heterocycles. The van der Waals surface area contributed by atoms with Gasteiger partial charge in [-0.2, -0.15) is 0 Å². The molecule has 0 radical (unpaired) electrons. The van der Waals surface area contributed by atoms with Crippen LogP contribution in [0.15, 0.2) is 35.9 Å². The average Bonchev–Trinajstić information content (AvgIpc) is 2.18. The Morgan fingerprint density at radius 3 is 1.73 bits per heavy atom. The zero-order valence-electron chi connectivity index (χ0n) is 9.20. The van der Waals surface area contributed by atoms with Gasteiger partial charge in [0.2, 0.25) is 0 Å². The van der Waals surface area contributed by atoms with Crippen LogP contribution in [0.2, 0.25) is 0 Å². The van der Waals surface area contributed by atoms with Gasteiger partial charge in [-0.15, -0.1) is 0 Å². The van der Waals surface area contributed by atoms with Crippen LogP contribution in [0.4, 0.5) is 0 Å². The van der Waals surface area contributed by atoms with Crippen molar-refractivity contribution in [3.8, 4) is 0 Å². The second-order valence-corrected chi connectivity index (χ2v) is 3.48. The van der Waals surface area contributed by atoms with Crippen molar-refractivity contribution >= 4 is 17.1 Å². The summed E-state index contributed by atoms with van der Waals surface area (Å²) >= 11 is 0. The predicted octanol–water partition coefficient (Wildman–Crippen LogP) is 2.64. The summed E-state index contributed by atoms with van der Waals surface area (Å²) in [6.07, 6.45) is 0. The Bertz CT molecular complexity index is 397. The molecule has 0 unspecified atom stereocenters. The van der Waals surface area contributed by atoms with Gasteiger partial charge in [-0.3, -0.25) is 9.59 Å². The number of carbonyl (C=O) groups is 2. The molecule has 0 atom stereocenters. The molecule has 1 aromatic carbocycles. The molecule has 0 amide bonds. The summed E-state index contributed by atoms with van der Waals surface area (Å²) in [7, 11) is 0.